The van der Waals surface area contributed by atoms with E-state index in [2.05, 4.69) is 42.0 Å². The van der Waals surface area contributed by atoms with E-state index >= 15 is 0 Å². The molecule has 3 heteroatoms. The zero-order valence-electron chi connectivity index (χ0n) is 11.2. The zero-order valence-corrected chi connectivity index (χ0v) is 11.2. The van der Waals surface area contributed by atoms with E-state index in [9.17, 15) is 0 Å². The number of hydrogen-bond acceptors (Lipinski definition) is 3. The summed E-state index contributed by atoms with van der Waals surface area (Å²) < 4.78 is 0. The third kappa shape index (κ3) is 3.79. The van der Waals surface area contributed by atoms with Crippen LogP contribution in [0.15, 0.2) is 18.5 Å². The minimum atomic E-state index is 0.216. The highest BCUT2D eigenvalue weighted by Gasteiger charge is 2.23. The second-order valence-corrected chi connectivity index (χ2v) is 5.75. The Hall–Kier alpha value is -0.930. The molecule has 0 atom stereocenters. The summed E-state index contributed by atoms with van der Waals surface area (Å²) >= 11 is 0. The van der Waals surface area contributed by atoms with Gasteiger partial charge in [0, 0.05) is 31.0 Å². The van der Waals surface area contributed by atoms with Crippen molar-refractivity contribution in [2.45, 2.75) is 39.3 Å². The molecule has 2 heterocycles. The Bertz CT molecular complexity index is 373. The van der Waals surface area contributed by atoms with Crippen LogP contribution in [0.2, 0.25) is 0 Å². The van der Waals surface area contributed by atoms with Crippen LogP contribution in [-0.4, -0.2) is 35.1 Å². The molecule has 0 amide bonds. The molecule has 0 spiro atoms. The lowest BCUT2D eigenvalue weighted by molar-refractivity contribution is 0.223. The highest BCUT2D eigenvalue weighted by atomic mass is 15.2. The fourth-order valence-corrected chi connectivity index (χ4v) is 2.52. The molecule has 1 N–H and O–H groups in total. The van der Waals surface area contributed by atoms with Gasteiger partial charge < -0.3 is 5.32 Å². The Labute approximate surface area is 104 Å². The molecule has 1 aromatic heterocycles. The van der Waals surface area contributed by atoms with Crippen molar-refractivity contribution in [3.05, 3.63) is 29.6 Å². The van der Waals surface area contributed by atoms with Gasteiger partial charge in [0.25, 0.3) is 0 Å². The van der Waals surface area contributed by atoms with Gasteiger partial charge >= 0.3 is 0 Å². The molecule has 0 aliphatic carbocycles. The summed E-state index contributed by atoms with van der Waals surface area (Å²) in [7, 11) is 0. The monoisotopic (exact) mass is 233 g/mol. The third-order valence-corrected chi connectivity index (χ3v) is 3.21. The molecule has 94 valence electrons. The van der Waals surface area contributed by atoms with E-state index in [1.54, 1.807) is 0 Å². The second-order valence-electron chi connectivity index (χ2n) is 5.75. The van der Waals surface area contributed by atoms with Gasteiger partial charge in [-0.15, -0.1) is 0 Å². The van der Waals surface area contributed by atoms with Gasteiger partial charge in [-0.1, -0.05) is 6.07 Å². The lowest BCUT2D eigenvalue weighted by Crippen LogP contribution is -2.46. The van der Waals surface area contributed by atoms with Crippen LogP contribution in [0, 0.1) is 6.92 Å². The standard InChI is InChI=1S/C14H23N3/c1-12-7-13(9-15-8-12)10-17-6-4-5-16-14(2,3)11-17/h7-9,16H,4-6,10-11H2,1-3H3. The number of rotatable bonds is 2. The lowest BCUT2D eigenvalue weighted by Gasteiger charge is -2.30. The summed E-state index contributed by atoms with van der Waals surface area (Å²) in [5, 5.41) is 3.59. The topological polar surface area (TPSA) is 28.2 Å². The molecule has 1 aliphatic rings. The minimum absolute atomic E-state index is 0.216. The maximum Gasteiger partial charge on any atom is 0.0313 e. The largest absolute Gasteiger partial charge is 0.310 e. The van der Waals surface area contributed by atoms with E-state index < -0.39 is 0 Å². The Kier molecular flexibility index (Phi) is 3.79. The van der Waals surface area contributed by atoms with Gasteiger partial charge in [-0.2, -0.15) is 0 Å². The van der Waals surface area contributed by atoms with Crippen molar-refractivity contribution in [2.75, 3.05) is 19.6 Å². The van der Waals surface area contributed by atoms with Crippen molar-refractivity contribution < 1.29 is 0 Å². The summed E-state index contributed by atoms with van der Waals surface area (Å²) in [5.74, 6) is 0. The summed E-state index contributed by atoms with van der Waals surface area (Å²) in [5.41, 5.74) is 2.78. The highest BCUT2D eigenvalue weighted by molar-refractivity contribution is 5.16. The molecule has 0 radical (unpaired) electrons. The highest BCUT2D eigenvalue weighted by Crippen LogP contribution is 2.13. The smallest absolute Gasteiger partial charge is 0.0313 e. The third-order valence-electron chi connectivity index (χ3n) is 3.21. The molecule has 3 nitrogen and oxygen atoms in total. The average molecular weight is 233 g/mol. The average Bonchev–Trinajstić information content (AvgIpc) is 2.39. The van der Waals surface area contributed by atoms with Crippen LogP contribution in [0.5, 0.6) is 0 Å². The van der Waals surface area contributed by atoms with E-state index in [-0.39, 0.29) is 5.54 Å². The fourth-order valence-electron chi connectivity index (χ4n) is 2.52. The maximum atomic E-state index is 4.27. The van der Waals surface area contributed by atoms with E-state index in [0.717, 1.165) is 19.6 Å². The van der Waals surface area contributed by atoms with Crippen LogP contribution in [0.3, 0.4) is 0 Å². The van der Waals surface area contributed by atoms with Gasteiger partial charge in [-0.25, -0.2) is 0 Å². The maximum absolute atomic E-state index is 4.27. The number of aromatic nitrogens is 1. The van der Waals surface area contributed by atoms with Crippen LogP contribution < -0.4 is 5.32 Å². The van der Waals surface area contributed by atoms with Gasteiger partial charge in [0.05, 0.1) is 0 Å². The number of nitrogens with zero attached hydrogens (tertiary/aromatic N) is 2. The Morgan fingerprint density at radius 2 is 2.24 bits per heavy atom. The second kappa shape index (κ2) is 5.15. The summed E-state index contributed by atoms with van der Waals surface area (Å²) in [6.07, 6.45) is 5.12. The van der Waals surface area contributed by atoms with Crippen molar-refractivity contribution in [1.29, 1.82) is 0 Å². The molecule has 0 saturated carbocycles. The quantitative estimate of drug-likeness (QED) is 0.846. The van der Waals surface area contributed by atoms with Gasteiger partial charge in [0.15, 0.2) is 0 Å². The predicted octanol–water partition coefficient (Wildman–Crippen LogP) is 1.96. The van der Waals surface area contributed by atoms with E-state index in [1.807, 2.05) is 12.4 Å². The van der Waals surface area contributed by atoms with Crippen molar-refractivity contribution in [3.63, 3.8) is 0 Å². The molecule has 1 aromatic rings. The van der Waals surface area contributed by atoms with Crippen LogP contribution in [0.25, 0.3) is 0 Å². The van der Waals surface area contributed by atoms with Gasteiger partial charge in [-0.05, 0) is 51.4 Å². The predicted molar refractivity (Wildman–Crippen MR) is 70.9 cm³/mol. The van der Waals surface area contributed by atoms with Gasteiger partial charge in [0.2, 0.25) is 0 Å². The van der Waals surface area contributed by atoms with E-state index in [4.69, 9.17) is 0 Å². The van der Waals surface area contributed by atoms with Crippen molar-refractivity contribution in [2.24, 2.45) is 0 Å². The van der Waals surface area contributed by atoms with E-state index in [1.165, 1.54) is 24.1 Å². The molecule has 0 unspecified atom stereocenters. The summed E-state index contributed by atoms with van der Waals surface area (Å²) in [4.78, 5) is 6.79. The Morgan fingerprint density at radius 1 is 1.41 bits per heavy atom. The fraction of sp³-hybridized carbons (Fsp3) is 0.643. The number of nitrogens with one attached hydrogen (secondary N) is 1. The molecule has 1 fully saturated rings. The minimum Gasteiger partial charge on any atom is -0.310 e. The first-order valence-electron chi connectivity index (χ1n) is 6.43. The molecule has 2 rings (SSSR count). The van der Waals surface area contributed by atoms with Gasteiger partial charge in [-0.3, -0.25) is 9.88 Å². The lowest BCUT2D eigenvalue weighted by atomic mass is 10.1. The SMILES string of the molecule is Cc1cncc(CN2CCCNC(C)(C)C2)c1. The molecule has 1 saturated heterocycles. The molecule has 0 aromatic carbocycles. The van der Waals surface area contributed by atoms with Crippen LogP contribution in [0.1, 0.15) is 31.4 Å². The molecular weight excluding hydrogens is 210 g/mol. The first-order chi connectivity index (χ1) is 8.05. The van der Waals surface area contributed by atoms with Crippen LogP contribution >= 0.6 is 0 Å². The number of hydrogen-bond donors (Lipinski definition) is 1. The Morgan fingerprint density at radius 3 is 3.00 bits per heavy atom. The molecule has 17 heavy (non-hydrogen) atoms. The molecular formula is C14H23N3. The number of aryl methyl sites for hydroxylation is 1. The van der Waals surface area contributed by atoms with Crippen molar-refractivity contribution in [3.8, 4) is 0 Å². The van der Waals surface area contributed by atoms with Crippen molar-refractivity contribution in [1.82, 2.24) is 15.2 Å². The normalized spacial score (nSPS) is 21.1. The Balaban J connectivity index is 2.02. The molecule has 0 bridgehead atoms. The van der Waals surface area contributed by atoms with E-state index in [0.29, 0.717) is 0 Å². The van der Waals surface area contributed by atoms with Gasteiger partial charge in [0.1, 0.15) is 0 Å². The molecule has 1 aliphatic heterocycles. The van der Waals surface area contributed by atoms with Crippen molar-refractivity contribution >= 4 is 0 Å². The van der Waals surface area contributed by atoms with Crippen LogP contribution in [-0.2, 0) is 6.54 Å². The van der Waals surface area contributed by atoms with Crippen LogP contribution in [0.4, 0.5) is 0 Å². The summed E-state index contributed by atoms with van der Waals surface area (Å²) in [6, 6.07) is 2.23. The zero-order chi connectivity index (χ0) is 12.3. The summed E-state index contributed by atoms with van der Waals surface area (Å²) in [6.45, 7) is 11.1. The first kappa shape index (κ1) is 12.5. The first-order valence-corrected chi connectivity index (χ1v) is 6.43. The number of pyridine rings is 1.